The first-order chi connectivity index (χ1) is 7.84. The van der Waals surface area contributed by atoms with E-state index in [4.69, 9.17) is 0 Å². The first kappa shape index (κ1) is 9.85. The average Bonchev–Trinajstić information content (AvgIpc) is 2.72. The van der Waals surface area contributed by atoms with Gasteiger partial charge in [0, 0.05) is 25.5 Å². The molecular weight excluding hydrogens is 198 g/mol. The Bertz CT molecular complexity index is 495. The second-order valence-corrected chi connectivity index (χ2v) is 4.53. The summed E-state index contributed by atoms with van der Waals surface area (Å²) in [5, 5.41) is 9.94. The van der Waals surface area contributed by atoms with Crippen LogP contribution in [-0.2, 0) is 7.05 Å². The highest BCUT2D eigenvalue weighted by molar-refractivity contribution is 5.79. The predicted molar refractivity (Wildman–Crippen MR) is 64.6 cm³/mol. The summed E-state index contributed by atoms with van der Waals surface area (Å²) in [4.78, 5) is 0. The Morgan fingerprint density at radius 1 is 1.25 bits per heavy atom. The van der Waals surface area contributed by atoms with Gasteiger partial charge in [-0.1, -0.05) is 6.07 Å². The van der Waals surface area contributed by atoms with Gasteiger partial charge in [-0.25, -0.2) is 5.32 Å². The molecule has 3 nitrogen and oxygen atoms in total. The summed E-state index contributed by atoms with van der Waals surface area (Å²) in [5.41, 5.74) is 2.67. The molecule has 2 aromatic rings. The molecule has 1 aliphatic heterocycles. The molecule has 0 aliphatic carbocycles. The quantitative estimate of drug-likeness (QED) is 0.715. The Hall–Kier alpha value is -1.35. The smallest absolute Gasteiger partial charge is 0.0679 e. The molecule has 1 radical (unpaired) electrons. The number of aromatic nitrogens is 2. The monoisotopic (exact) mass is 214 g/mol. The van der Waals surface area contributed by atoms with Crippen molar-refractivity contribution in [1.29, 1.82) is 0 Å². The minimum atomic E-state index is 0.696. The molecule has 3 rings (SSSR count). The molecule has 0 N–H and O–H groups in total. The number of fused-ring (bicyclic) bond motifs is 1. The fourth-order valence-corrected chi connectivity index (χ4v) is 2.52. The lowest BCUT2D eigenvalue weighted by molar-refractivity contribution is 0.454. The van der Waals surface area contributed by atoms with Crippen molar-refractivity contribution >= 4 is 10.9 Å². The van der Waals surface area contributed by atoms with Crippen LogP contribution in [0.2, 0.25) is 0 Å². The minimum Gasteiger partial charge on any atom is -0.268 e. The number of piperidine rings is 1. The third-order valence-electron chi connectivity index (χ3n) is 3.51. The van der Waals surface area contributed by atoms with Crippen molar-refractivity contribution in [2.24, 2.45) is 7.05 Å². The highest BCUT2D eigenvalue weighted by Gasteiger charge is 2.16. The van der Waals surface area contributed by atoms with Crippen LogP contribution in [0.4, 0.5) is 0 Å². The van der Waals surface area contributed by atoms with Gasteiger partial charge in [0.1, 0.15) is 0 Å². The second kappa shape index (κ2) is 3.91. The molecule has 0 unspecified atom stereocenters. The fraction of sp³-hybridized carbons (Fsp3) is 0.462. The maximum Gasteiger partial charge on any atom is 0.0679 e. The molecule has 83 valence electrons. The van der Waals surface area contributed by atoms with E-state index in [2.05, 4.69) is 28.6 Å². The molecule has 0 amide bonds. The number of benzene rings is 1. The minimum absolute atomic E-state index is 0.696. The highest BCUT2D eigenvalue weighted by atomic mass is 15.2. The summed E-state index contributed by atoms with van der Waals surface area (Å²) in [6, 6.07) is 6.72. The Balaban J connectivity index is 1.97. The van der Waals surface area contributed by atoms with E-state index in [1.54, 1.807) is 0 Å². The van der Waals surface area contributed by atoms with Crippen molar-refractivity contribution in [2.45, 2.75) is 18.8 Å². The van der Waals surface area contributed by atoms with Crippen LogP contribution < -0.4 is 5.32 Å². The van der Waals surface area contributed by atoms with Crippen LogP contribution in [-0.4, -0.2) is 22.9 Å². The van der Waals surface area contributed by atoms with Crippen molar-refractivity contribution in [1.82, 2.24) is 15.1 Å². The lowest BCUT2D eigenvalue weighted by Gasteiger charge is -2.21. The normalized spacial score (nSPS) is 18.1. The molecule has 0 bridgehead atoms. The van der Waals surface area contributed by atoms with E-state index in [-0.39, 0.29) is 0 Å². The summed E-state index contributed by atoms with van der Waals surface area (Å²) in [7, 11) is 1.99. The van der Waals surface area contributed by atoms with Crippen molar-refractivity contribution in [2.75, 3.05) is 13.1 Å². The van der Waals surface area contributed by atoms with E-state index in [1.807, 2.05) is 17.9 Å². The number of hydrogen-bond acceptors (Lipinski definition) is 1. The van der Waals surface area contributed by atoms with E-state index in [0.717, 1.165) is 13.1 Å². The second-order valence-electron chi connectivity index (χ2n) is 4.53. The predicted octanol–water partition coefficient (Wildman–Crippen LogP) is 2.06. The summed E-state index contributed by atoms with van der Waals surface area (Å²) in [6.45, 7) is 2.05. The average molecular weight is 214 g/mol. The van der Waals surface area contributed by atoms with E-state index in [9.17, 15) is 0 Å². The third kappa shape index (κ3) is 1.61. The van der Waals surface area contributed by atoms with Crippen LogP contribution >= 0.6 is 0 Å². The molecule has 0 atom stereocenters. The Morgan fingerprint density at radius 2 is 2.06 bits per heavy atom. The van der Waals surface area contributed by atoms with E-state index in [1.165, 1.54) is 29.3 Å². The Morgan fingerprint density at radius 3 is 2.88 bits per heavy atom. The summed E-state index contributed by atoms with van der Waals surface area (Å²) < 4.78 is 1.93. The van der Waals surface area contributed by atoms with Crippen LogP contribution in [0.1, 0.15) is 24.3 Å². The maximum atomic E-state index is 4.40. The van der Waals surface area contributed by atoms with Gasteiger partial charge < -0.3 is 0 Å². The maximum absolute atomic E-state index is 4.40. The lowest BCUT2D eigenvalue weighted by Crippen LogP contribution is -2.20. The van der Waals surface area contributed by atoms with Gasteiger partial charge in [-0.3, -0.25) is 4.68 Å². The van der Waals surface area contributed by atoms with Gasteiger partial charge in [-0.05, 0) is 36.5 Å². The van der Waals surface area contributed by atoms with E-state index in [0.29, 0.717) is 5.92 Å². The first-order valence-corrected chi connectivity index (χ1v) is 5.89. The molecule has 1 saturated heterocycles. The zero-order valence-corrected chi connectivity index (χ0v) is 9.56. The molecule has 16 heavy (non-hydrogen) atoms. The van der Waals surface area contributed by atoms with E-state index < -0.39 is 0 Å². The third-order valence-corrected chi connectivity index (χ3v) is 3.51. The van der Waals surface area contributed by atoms with Crippen LogP contribution in [0.15, 0.2) is 24.4 Å². The largest absolute Gasteiger partial charge is 0.268 e. The van der Waals surface area contributed by atoms with Crippen LogP contribution in [0.5, 0.6) is 0 Å². The lowest BCUT2D eigenvalue weighted by atomic mass is 9.90. The fourth-order valence-electron chi connectivity index (χ4n) is 2.52. The van der Waals surface area contributed by atoms with Gasteiger partial charge >= 0.3 is 0 Å². The highest BCUT2D eigenvalue weighted by Crippen LogP contribution is 2.28. The summed E-state index contributed by atoms with van der Waals surface area (Å²) >= 11 is 0. The van der Waals surface area contributed by atoms with Gasteiger partial charge in [-0.2, -0.15) is 5.10 Å². The number of hydrogen-bond donors (Lipinski definition) is 0. The molecule has 1 fully saturated rings. The van der Waals surface area contributed by atoms with Crippen molar-refractivity contribution in [3.05, 3.63) is 30.0 Å². The van der Waals surface area contributed by atoms with Gasteiger partial charge in [0.15, 0.2) is 0 Å². The zero-order chi connectivity index (χ0) is 11.0. The number of rotatable bonds is 1. The number of aryl methyl sites for hydroxylation is 1. The van der Waals surface area contributed by atoms with Crippen LogP contribution in [0, 0.1) is 0 Å². The van der Waals surface area contributed by atoms with Gasteiger partial charge in [-0.15, -0.1) is 0 Å². The van der Waals surface area contributed by atoms with Gasteiger partial charge in [0.25, 0.3) is 0 Å². The summed E-state index contributed by atoms with van der Waals surface area (Å²) in [5.74, 6) is 0.696. The van der Waals surface area contributed by atoms with Crippen molar-refractivity contribution < 1.29 is 0 Å². The van der Waals surface area contributed by atoms with Crippen LogP contribution in [0.3, 0.4) is 0 Å². The molecule has 3 heteroatoms. The SMILES string of the molecule is Cn1ncc2cc(C3CC[N]CC3)ccc21. The molecular formula is C13H16N3. The topological polar surface area (TPSA) is 31.9 Å². The molecule has 2 heterocycles. The van der Waals surface area contributed by atoms with Crippen molar-refractivity contribution in [3.8, 4) is 0 Å². The molecule has 1 aromatic heterocycles. The molecule has 1 aliphatic rings. The van der Waals surface area contributed by atoms with Crippen LogP contribution in [0.25, 0.3) is 10.9 Å². The Kier molecular flexibility index (Phi) is 2.40. The zero-order valence-electron chi connectivity index (χ0n) is 9.56. The van der Waals surface area contributed by atoms with Gasteiger partial charge in [0.2, 0.25) is 0 Å². The molecule has 0 saturated carbocycles. The van der Waals surface area contributed by atoms with E-state index >= 15 is 0 Å². The van der Waals surface area contributed by atoms with Crippen molar-refractivity contribution in [3.63, 3.8) is 0 Å². The summed E-state index contributed by atoms with van der Waals surface area (Å²) in [6.07, 6.45) is 4.35. The number of nitrogens with zero attached hydrogens (tertiary/aromatic N) is 3. The first-order valence-electron chi connectivity index (χ1n) is 5.89. The Labute approximate surface area is 95.5 Å². The van der Waals surface area contributed by atoms with Gasteiger partial charge in [0.05, 0.1) is 11.7 Å². The standard InChI is InChI=1S/C13H16N3/c1-16-13-3-2-11(8-12(13)9-15-16)10-4-6-14-7-5-10/h2-3,8-10H,4-7H2,1H3. The molecule has 0 spiro atoms. The molecule has 1 aromatic carbocycles.